The molecular formula is C57H94N14O19. The Kier molecular flexibility index (Phi) is 36.1. The third kappa shape index (κ3) is 30.6. The van der Waals surface area contributed by atoms with E-state index in [1.807, 2.05) is 0 Å². The van der Waals surface area contributed by atoms with Gasteiger partial charge in [-0.2, -0.15) is 0 Å². The van der Waals surface area contributed by atoms with Gasteiger partial charge in [-0.05, 0) is 113 Å². The second-order valence-corrected chi connectivity index (χ2v) is 22.9. The highest BCUT2D eigenvalue weighted by atomic mass is 16.4. The minimum atomic E-state index is -1.82. The van der Waals surface area contributed by atoms with E-state index in [0.717, 1.165) is 6.92 Å². The van der Waals surface area contributed by atoms with Crippen LogP contribution in [0.4, 0.5) is 0 Å². The van der Waals surface area contributed by atoms with Crippen LogP contribution in [0.1, 0.15) is 131 Å². The van der Waals surface area contributed by atoms with E-state index < -0.39 is 200 Å². The number of hydrogen-bond acceptors (Lipinski definition) is 19. The number of rotatable bonds is 44. The third-order valence-electron chi connectivity index (χ3n) is 13.8. The van der Waals surface area contributed by atoms with Gasteiger partial charge in [-0.3, -0.25) is 62.3 Å². The molecule has 0 saturated carbocycles. The number of carbonyl (C=O) groups excluding carboxylic acids is 11. The molecule has 33 nitrogen and oxygen atoms in total. The van der Waals surface area contributed by atoms with E-state index in [1.165, 1.54) is 24.3 Å². The number of carbonyl (C=O) groups is 14. The summed E-state index contributed by atoms with van der Waals surface area (Å²) in [6, 6.07) is -9.80. The van der Waals surface area contributed by atoms with E-state index in [-0.39, 0.29) is 63.3 Å². The summed E-state index contributed by atoms with van der Waals surface area (Å²) < 4.78 is 0. The first kappa shape index (κ1) is 79.5. The lowest BCUT2D eigenvalue weighted by Crippen LogP contribution is -2.61. The molecule has 0 fully saturated rings. The molecule has 0 spiro atoms. The van der Waals surface area contributed by atoms with Crippen molar-refractivity contribution >= 4 is 82.9 Å². The summed E-state index contributed by atoms with van der Waals surface area (Å²) in [5, 5.41) is 72.4. The summed E-state index contributed by atoms with van der Waals surface area (Å²) in [7, 11) is 0. The summed E-state index contributed by atoms with van der Waals surface area (Å²) >= 11 is 0. The van der Waals surface area contributed by atoms with Crippen LogP contribution in [0.15, 0.2) is 24.3 Å². The van der Waals surface area contributed by atoms with E-state index in [2.05, 4.69) is 53.2 Å². The zero-order valence-corrected chi connectivity index (χ0v) is 52.0. The molecule has 0 bridgehead atoms. The fraction of sp³-hybridized carbons (Fsp3) is 0.649. The van der Waals surface area contributed by atoms with E-state index in [1.54, 1.807) is 41.5 Å². The molecule has 0 aromatic heterocycles. The zero-order chi connectivity index (χ0) is 68.5. The molecule has 0 aliphatic rings. The van der Waals surface area contributed by atoms with Gasteiger partial charge in [0.15, 0.2) is 6.04 Å². The highest BCUT2D eigenvalue weighted by Crippen LogP contribution is 2.15. The van der Waals surface area contributed by atoms with Crippen LogP contribution in [0.3, 0.4) is 0 Å². The molecular weight excluding hydrogens is 1180 g/mol. The quantitative estimate of drug-likeness (QED) is 0.0274. The van der Waals surface area contributed by atoms with Gasteiger partial charge in [-0.15, -0.1) is 0 Å². The number of nitrogens with one attached hydrogen (secondary N) is 10. The molecule has 506 valence electrons. The van der Waals surface area contributed by atoms with Gasteiger partial charge < -0.3 is 102 Å². The molecule has 11 atom stereocenters. The van der Waals surface area contributed by atoms with Crippen LogP contribution in [-0.2, 0) is 73.5 Å². The van der Waals surface area contributed by atoms with Crippen LogP contribution in [-0.4, -0.2) is 195 Å². The Morgan fingerprint density at radius 1 is 0.467 bits per heavy atom. The number of nitrogens with two attached hydrogens (primary N) is 4. The first-order valence-electron chi connectivity index (χ1n) is 29.7. The second kappa shape index (κ2) is 40.9. The van der Waals surface area contributed by atoms with Gasteiger partial charge in [0.25, 0.3) is 0 Å². The summed E-state index contributed by atoms with van der Waals surface area (Å²) in [4.78, 5) is 185. The van der Waals surface area contributed by atoms with Crippen LogP contribution in [0.25, 0.3) is 0 Å². The zero-order valence-electron chi connectivity index (χ0n) is 52.0. The maximum absolute atomic E-state index is 14.2. The molecule has 0 saturated heterocycles. The molecule has 0 aliphatic heterocycles. The number of phenolic OH excluding ortho intramolecular Hbond substituents is 1. The lowest BCUT2D eigenvalue weighted by Gasteiger charge is -2.29. The predicted molar refractivity (Wildman–Crippen MR) is 322 cm³/mol. The monoisotopic (exact) mass is 1280 g/mol. The Hall–Kier alpha value is -8.56. The summed E-state index contributed by atoms with van der Waals surface area (Å²) in [5.41, 5.74) is 23.2. The van der Waals surface area contributed by atoms with Crippen LogP contribution in [0, 0.1) is 17.8 Å². The van der Waals surface area contributed by atoms with Crippen molar-refractivity contribution in [3.05, 3.63) is 29.8 Å². The minimum Gasteiger partial charge on any atom is -0.508 e. The van der Waals surface area contributed by atoms with Gasteiger partial charge in [0, 0.05) is 19.3 Å². The van der Waals surface area contributed by atoms with E-state index in [0.29, 0.717) is 18.4 Å². The molecule has 33 heteroatoms. The number of carboxylic acids is 3. The normalized spacial score (nSPS) is 14.9. The maximum atomic E-state index is 14.2. The third-order valence-corrected chi connectivity index (χ3v) is 13.8. The highest BCUT2D eigenvalue weighted by Gasteiger charge is 2.37. The van der Waals surface area contributed by atoms with Gasteiger partial charge >= 0.3 is 17.9 Å². The van der Waals surface area contributed by atoms with Gasteiger partial charge in [-0.1, -0.05) is 53.7 Å². The number of aliphatic carboxylic acids is 3. The van der Waals surface area contributed by atoms with Gasteiger partial charge in [0.05, 0.1) is 25.1 Å². The van der Waals surface area contributed by atoms with Crippen LogP contribution < -0.4 is 76.1 Å². The largest absolute Gasteiger partial charge is 0.508 e. The molecule has 1 rings (SSSR count). The number of aliphatic hydroxyl groups is 1. The van der Waals surface area contributed by atoms with Gasteiger partial charge in [-0.25, -0.2) is 4.79 Å². The Morgan fingerprint density at radius 2 is 0.856 bits per heavy atom. The van der Waals surface area contributed by atoms with Crippen LogP contribution >= 0.6 is 0 Å². The second-order valence-electron chi connectivity index (χ2n) is 22.9. The van der Waals surface area contributed by atoms with E-state index in [4.69, 9.17) is 22.9 Å². The summed E-state index contributed by atoms with van der Waals surface area (Å²) in [6.07, 6.45) is -3.87. The van der Waals surface area contributed by atoms with Crippen molar-refractivity contribution in [3.63, 3.8) is 0 Å². The summed E-state index contributed by atoms with van der Waals surface area (Å²) in [6.45, 7) is 10.3. The average Bonchev–Trinajstić information content (AvgIpc) is 1.35. The van der Waals surface area contributed by atoms with Gasteiger partial charge in [0.2, 0.25) is 65.0 Å². The number of amides is 11. The van der Waals surface area contributed by atoms with Crippen molar-refractivity contribution in [2.45, 2.75) is 198 Å². The van der Waals surface area contributed by atoms with Crippen molar-refractivity contribution in [1.29, 1.82) is 0 Å². The molecule has 11 unspecified atom stereocenters. The molecule has 1 aromatic carbocycles. The molecule has 0 heterocycles. The van der Waals surface area contributed by atoms with Crippen LogP contribution in [0.5, 0.6) is 5.75 Å². The molecule has 90 heavy (non-hydrogen) atoms. The lowest BCUT2D eigenvalue weighted by molar-refractivity contribution is -0.145. The van der Waals surface area contributed by atoms with Crippen molar-refractivity contribution in [3.8, 4) is 5.75 Å². The Balaban J connectivity index is 3.52. The minimum absolute atomic E-state index is 0.0386. The molecule has 11 amide bonds. The molecule has 23 N–H and O–H groups in total. The number of aromatic hydroxyl groups is 1. The lowest BCUT2D eigenvalue weighted by atomic mass is 9.98. The first-order chi connectivity index (χ1) is 42.1. The maximum Gasteiger partial charge on any atom is 0.328 e. The Labute approximate surface area is 521 Å². The van der Waals surface area contributed by atoms with Crippen molar-refractivity contribution in [2.24, 2.45) is 40.7 Å². The Morgan fingerprint density at radius 3 is 1.26 bits per heavy atom. The number of primary amides is 1. The fourth-order valence-corrected chi connectivity index (χ4v) is 8.80. The number of unbranched alkanes of at least 4 members (excludes halogenated alkanes) is 2. The fourth-order valence-electron chi connectivity index (χ4n) is 8.80. The van der Waals surface area contributed by atoms with E-state index in [9.17, 15) is 92.7 Å². The number of benzene rings is 1. The number of phenols is 1. The van der Waals surface area contributed by atoms with Crippen molar-refractivity contribution < 1.29 is 92.7 Å². The predicted octanol–water partition coefficient (Wildman–Crippen LogP) is -4.57. The average molecular weight is 1280 g/mol. The van der Waals surface area contributed by atoms with Crippen molar-refractivity contribution in [2.75, 3.05) is 19.6 Å². The van der Waals surface area contributed by atoms with Crippen molar-refractivity contribution in [1.82, 2.24) is 53.2 Å². The SMILES string of the molecule is CC(C)CC(N)C(=O)NC(CCC(=O)O)C(=O)NC(CCC(=O)O)C(=O)NC(CCCCN)C(=O)NC(CCCCN)C(=O)NCC(=O)NC(CC(N)=O)C(=O)NC(Cc1ccc(O)cc1)C(=O)NC(C(=O)NC(C(=O)NC(C(=O)O)C(C)O)C(C)C)C(C)C. The molecule has 0 radical (unpaired) electrons. The number of hydrogen-bond donors (Lipinski definition) is 19. The first-order valence-corrected chi connectivity index (χ1v) is 29.7. The smallest absolute Gasteiger partial charge is 0.328 e. The standard InChI is InChI=1S/C57H94N14O19/c1-28(2)24-34(60)48(80)64-37(18-20-43(76)77)51(83)67-38(19-21-44(78)79)52(84)66-36(13-9-11-23-59)50(82)65-35(12-8-10-22-58)49(81)62-27-42(75)63-40(26-41(61)74)53(85)68-39(25-32-14-16-33(73)17-15-32)54(86)69-45(29(3)4)55(87)70-46(30(5)6)56(88)71-47(31(7)72)57(89)90/h14-17,28-31,34-40,45-47,72-73H,8-13,18-27,58-60H2,1-7H3,(H2,61,74)(H,62,81)(H,63,75)(H,64,80)(H,65,82)(H,66,84)(H,67,83)(H,68,85)(H,69,86)(H,70,87)(H,71,88)(H,76,77)(H,78,79)(H,89,90). The van der Waals surface area contributed by atoms with E-state index >= 15 is 0 Å². The highest BCUT2D eigenvalue weighted by molar-refractivity contribution is 5.99. The van der Waals surface area contributed by atoms with Crippen LogP contribution in [0.2, 0.25) is 0 Å². The Bertz CT molecular complexity index is 2610. The topological polar surface area (TPSA) is 565 Å². The molecule has 0 aliphatic carbocycles. The number of carboxylic acid groups (broad SMARTS) is 3. The number of aliphatic hydroxyl groups excluding tert-OH is 1. The molecule has 1 aromatic rings. The summed E-state index contributed by atoms with van der Waals surface area (Å²) in [5.74, 6) is -16.9. The van der Waals surface area contributed by atoms with Gasteiger partial charge in [0.1, 0.15) is 54.1 Å².